The molecule has 0 aliphatic carbocycles. The van der Waals surface area contributed by atoms with Crippen LogP contribution in [0.1, 0.15) is 11.1 Å². The molecule has 11 heavy (non-hydrogen) atoms. The van der Waals surface area contributed by atoms with Gasteiger partial charge in [0.1, 0.15) is 0 Å². The summed E-state index contributed by atoms with van der Waals surface area (Å²) in [6, 6.07) is 8.52. The van der Waals surface area contributed by atoms with Crippen molar-refractivity contribution in [2.24, 2.45) is 0 Å². The monoisotopic (exact) mass is 206 g/mol. The Kier molecular flexibility index (Phi) is 1.86. The summed E-state index contributed by atoms with van der Waals surface area (Å²) >= 11 is 3.57. The molecule has 0 amide bonds. The molecule has 0 saturated carbocycles. The first kappa shape index (κ1) is 7.17. The summed E-state index contributed by atoms with van der Waals surface area (Å²) in [6.07, 6.45) is 3.30. The average molecular weight is 207 g/mol. The van der Waals surface area contributed by atoms with Crippen LogP contribution in [0.5, 0.6) is 0 Å². The first-order chi connectivity index (χ1) is 5.36. The molecule has 1 aliphatic heterocycles. The summed E-state index contributed by atoms with van der Waals surface area (Å²) < 4.78 is 0. The van der Waals surface area contributed by atoms with Crippen LogP contribution in [0.3, 0.4) is 0 Å². The van der Waals surface area contributed by atoms with Gasteiger partial charge in [-0.1, -0.05) is 30.3 Å². The molecule has 1 aromatic carbocycles. The van der Waals surface area contributed by atoms with E-state index in [0.717, 1.165) is 6.32 Å². The van der Waals surface area contributed by atoms with Gasteiger partial charge in [-0.2, -0.15) is 15.8 Å². The van der Waals surface area contributed by atoms with E-state index in [9.17, 15) is 0 Å². The van der Waals surface area contributed by atoms with Gasteiger partial charge < -0.3 is 0 Å². The molecule has 1 aromatic rings. The Balaban J connectivity index is 2.46. The van der Waals surface area contributed by atoms with Crippen molar-refractivity contribution in [3.8, 4) is 0 Å². The lowest BCUT2D eigenvalue weighted by atomic mass is 9.67. The Morgan fingerprint density at radius 1 is 1.27 bits per heavy atom. The maximum absolute atomic E-state index is 3.57. The van der Waals surface area contributed by atoms with Crippen molar-refractivity contribution in [1.29, 1.82) is 0 Å². The molecule has 0 nitrogen and oxygen atoms in total. The Bertz CT molecular complexity index is 293. The standard InChI is InChI=1S/C9H8BBr/c11-10-6-5-8-3-1-2-4-9(8)7-10/h1-6H,7H2. The van der Waals surface area contributed by atoms with Gasteiger partial charge in [-0.05, 0) is 17.4 Å². The van der Waals surface area contributed by atoms with Crippen molar-refractivity contribution < 1.29 is 0 Å². The first-order valence-corrected chi connectivity index (χ1v) is 4.68. The van der Waals surface area contributed by atoms with Crippen LogP contribution < -0.4 is 0 Å². The van der Waals surface area contributed by atoms with Gasteiger partial charge in [0.25, 0.3) is 5.54 Å². The van der Waals surface area contributed by atoms with Crippen molar-refractivity contribution in [3.63, 3.8) is 0 Å². The number of halogens is 1. The van der Waals surface area contributed by atoms with Crippen molar-refractivity contribution in [3.05, 3.63) is 41.4 Å². The fraction of sp³-hybridized carbons (Fsp3) is 0.111. The van der Waals surface area contributed by atoms with Gasteiger partial charge in [-0.3, -0.25) is 0 Å². The van der Waals surface area contributed by atoms with E-state index in [2.05, 4.69) is 52.1 Å². The van der Waals surface area contributed by atoms with E-state index >= 15 is 0 Å². The summed E-state index contributed by atoms with van der Waals surface area (Å²) in [7, 11) is 0. The van der Waals surface area contributed by atoms with Gasteiger partial charge in [0.2, 0.25) is 0 Å². The normalized spacial score (nSPS) is 14.8. The van der Waals surface area contributed by atoms with Crippen LogP contribution >= 0.6 is 15.8 Å². The highest BCUT2D eigenvalue weighted by Gasteiger charge is 2.12. The van der Waals surface area contributed by atoms with E-state index in [4.69, 9.17) is 0 Å². The third-order valence-corrected chi connectivity index (χ3v) is 2.58. The SMILES string of the molecule is BrB1C=Cc2ccccc2C1. The Hall–Kier alpha value is -0.495. The van der Waals surface area contributed by atoms with Crippen LogP contribution in [0.4, 0.5) is 0 Å². The highest BCUT2D eigenvalue weighted by atomic mass is 79.9. The fourth-order valence-electron chi connectivity index (χ4n) is 1.37. The number of hydrogen-bond donors (Lipinski definition) is 0. The number of hydrogen-bond acceptors (Lipinski definition) is 0. The predicted molar refractivity (Wildman–Crippen MR) is 53.9 cm³/mol. The average Bonchev–Trinajstić information content (AvgIpc) is 2.04. The minimum Gasteiger partial charge on any atom is -0.150 e. The zero-order chi connectivity index (χ0) is 7.68. The van der Waals surface area contributed by atoms with Gasteiger partial charge in [0.05, 0.1) is 0 Å². The van der Waals surface area contributed by atoms with Crippen LogP contribution in [-0.4, -0.2) is 5.54 Å². The molecule has 0 fully saturated rings. The molecule has 2 rings (SSSR count). The Morgan fingerprint density at radius 2 is 2.09 bits per heavy atom. The van der Waals surface area contributed by atoms with Crippen molar-refractivity contribution in [2.45, 2.75) is 6.32 Å². The molecule has 1 heterocycles. The summed E-state index contributed by atoms with van der Waals surface area (Å²) in [6.45, 7) is 0. The number of rotatable bonds is 0. The molecule has 0 N–H and O–H groups in total. The van der Waals surface area contributed by atoms with Gasteiger partial charge in [0, 0.05) is 0 Å². The molecule has 0 aromatic heterocycles. The van der Waals surface area contributed by atoms with E-state index < -0.39 is 0 Å². The van der Waals surface area contributed by atoms with E-state index in [1.807, 2.05) is 0 Å². The Labute approximate surface area is 75.4 Å². The zero-order valence-corrected chi connectivity index (χ0v) is 7.71. The lowest BCUT2D eigenvalue weighted by Gasteiger charge is -2.11. The summed E-state index contributed by atoms with van der Waals surface area (Å²) in [5.74, 6) is 2.20. The zero-order valence-electron chi connectivity index (χ0n) is 6.13. The van der Waals surface area contributed by atoms with Gasteiger partial charge in [0.15, 0.2) is 0 Å². The molecule has 54 valence electrons. The minimum absolute atomic E-state index is 0.525. The Morgan fingerprint density at radius 3 is 3.00 bits per heavy atom. The van der Waals surface area contributed by atoms with Crippen LogP contribution in [0, 0.1) is 0 Å². The lowest BCUT2D eigenvalue weighted by molar-refractivity contribution is 1.35. The first-order valence-electron chi connectivity index (χ1n) is 3.76. The maximum atomic E-state index is 3.57. The van der Waals surface area contributed by atoms with Crippen molar-refractivity contribution in [1.82, 2.24) is 0 Å². The van der Waals surface area contributed by atoms with Crippen LogP contribution in [0.25, 0.3) is 6.08 Å². The third-order valence-electron chi connectivity index (χ3n) is 1.95. The largest absolute Gasteiger partial charge is 0.252 e. The third kappa shape index (κ3) is 1.41. The minimum atomic E-state index is 0.525. The summed E-state index contributed by atoms with van der Waals surface area (Å²) in [5.41, 5.74) is 3.33. The second kappa shape index (κ2) is 2.86. The summed E-state index contributed by atoms with van der Waals surface area (Å²) in [4.78, 5) is 0. The van der Waals surface area contributed by atoms with Gasteiger partial charge in [-0.15, -0.1) is 5.98 Å². The molecule has 0 radical (unpaired) electrons. The number of fused-ring (bicyclic) bond motifs is 1. The highest BCUT2D eigenvalue weighted by molar-refractivity contribution is 9.24. The smallest absolute Gasteiger partial charge is 0.150 e. The van der Waals surface area contributed by atoms with Crippen LogP contribution in [-0.2, 0) is 6.32 Å². The molecular formula is C9H8BBr. The second-order valence-corrected chi connectivity index (χ2v) is 3.95. The summed E-state index contributed by atoms with van der Waals surface area (Å²) in [5, 5.41) is 0. The second-order valence-electron chi connectivity index (χ2n) is 2.78. The topological polar surface area (TPSA) is 0 Å². The molecule has 0 unspecified atom stereocenters. The molecule has 0 spiro atoms. The van der Waals surface area contributed by atoms with Crippen molar-refractivity contribution in [2.75, 3.05) is 0 Å². The maximum Gasteiger partial charge on any atom is 0.252 e. The fourth-order valence-corrected chi connectivity index (χ4v) is 1.87. The quantitative estimate of drug-likeness (QED) is 0.573. The molecular weight excluding hydrogens is 199 g/mol. The van der Waals surface area contributed by atoms with Gasteiger partial charge >= 0.3 is 0 Å². The molecule has 0 saturated heterocycles. The van der Waals surface area contributed by atoms with Crippen LogP contribution in [0.2, 0.25) is 0 Å². The van der Waals surface area contributed by atoms with Gasteiger partial charge in [-0.25, -0.2) is 0 Å². The van der Waals surface area contributed by atoms with E-state index in [-0.39, 0.29) is 0 Å². The van der Waals surface area contributed by atoms with E-state index in [0.29, 0.717) is 5.54 Å². The van der Waals surface area contributed by atoms with Crippen LogP contribution in [0.15, 0.2) is 30.2 Å². The molecule has 1 aliphatic rings. The lowest BCUT2D eigenvalue weighted by Crippen LogP contribution is -2.09. The van der Waals surface area contributed by atoms with E-state index in [1.165, 1.54) is 11.1 Å². The van der Waals surface area contributed by atoms with Crippen molar-refractivity contribution >= 4 is 27.4 Å². The molecule has 2 heteroatoms. The van der Waals surface area contributed by atoms with E-state index in [1.54, 1.807) is 0 Å². The predicted octanol–water partition coefficient (Wildman–Crippen LogP) is 2.72. The number of benzene rings is 1. The molecule has 0 atom stereocenters. The molecule has 0 bridgehead atoms. The highest BCUT2D eigenvalue weighted by Crippen LogP contribution is 2.19.